The molecule has 0 atom stereocenters. The molecular formula is C24H19Br2N3O2. The number of aryl methyl sites for hydroxylation is 1. The number of carbonyl (C=O) groups excluding carboxylic acids is 1. The van der Waals surface area contributed by atoms with Crippen LogP contribution in [0.4, 0.5) is 0 Å². The van der Waals surface area contributed by atoms with E-state index in [0.717, 1.165) is 31.4 Å². The molecule has 0 aliphatic carbocycles. The van der Waals surface area contributed by atoms with Gasteiger partial charge in [0.1, 0.15) is 12.4 Å². The van der Waals surface area contributed by atoms with Gasteiger partial charge >= 0.3 is 0 Å². The third kappa shape index (κ3) is 6.03. The third-order valence-corrected chi connectivity index (χ3v) is 5.68. The molecule has 5 nitrogen and oxygen atoms in total. The molecule has 0 saturated carbocycles. The quantitative estimate of drug-likeness (QED) is 0.302. The zero-order chi connectivity index (χ0) is 22.4. The monoisotopic (exact) mass is 539 g/mol. The molecule has 3 aromatic rings. The number of nitrogens with zero attached hydrogens (tertiary/aromatic N) is 2. The molecule has 1 amide bonds. The zero-order valence-electron chi connectivity index (χ0n) is 16.9. The van der Waals surface area contributed by atoms with Crippen molar-refractivity contribution >= 4 is 43.5 Å². The Bertz CT molecular complexity index is 1140. The molecule has 31 heavy (non-hydrogen) atoms. The molecular weight excluding hydrogens is 522 g/mol. The first-order chi connectivity index (χ1) is 14.9. The summed E-state index contributed by atoms with van der Waals surface area (Å²) in [5.74, 6) is 0.435. The number of amides is 1. The average molecular weight is 541 g/mol. The molecule has 0 spiro atoms. The molecule has 0 aliphatic heterocycles. The van der Waals surface area contributed by atoms with Gasteiger partial charge in [-0.3, -0.25) is 4.79 Å². The Morgan fingerprint density at radius 3 is 2.19 bits per heavy atom. The average Bonchev–Trinajstić information content (AvgIpc) is 2.77. The van der Waals surface area contributed by atoms with Crippen LogP contribution in [-0.2, 0) is 6.61 Å². The van der Waals surface area contributed by atoms with E-state index in [9.17, 15) is 4.79 Å². The van der Waals surface area contributed by atoms with Crippen molar-refractivity contribution in [2.24, 2.45) is 5.10 Å². The van der Waals surface area contributed by atoms with Crippen molar-refractivity contribution in [3.8, 4) is 11.8 Å². The largest absolute Gasteiger partial charge is 0.487 e. The van der Waals surface area contributed by atoms with Crippen molar-refractivity contribution in [1.29, 1.82) is 5.26 Å². The van der Waals surface area contributed by atoms with Gasteiger partial charge in [-0.05, 0) is 98.8 Å². The molecule has 3 aromatic carbocycles. The maximum Gasteiger partial charge on any atom is 0.271 e. The van der Waals surface area contributed by atoms with Crippen molar-refractivity contribution in [3.63, 3.8) is 0 Å². The summed E-state index contributed by atoms with van der Waals surface area (Å²) in [6, 6.07) is 20.2. The Morgan fingerprint density at radius 1 is 1.03 bits per heavy atom. The van der Waals surface area contributed by atoms with Crippen LogP contribution in [0, 0.1) is 18.3 Å². The number of hydrazone groups is 1. The van der Waals surface area contributed by atoms with Crippen molar-refractivity contribution in [2.75, 3.05) is 0 Å². The number of carbonyl (C=O) groups is 1. The minimum atomic E-state index is -0.301. The molecule has 0 bridgehead atoms. The number of nitrogens with one attached hydrogen (secondary N) is 1. The van der Waals surface area contributed by atoms with Crippen molar-refractivity contribution in [1.82, 2.24) is 5.43 Å². The van der Waals surface area contributed by atoms with E-state index in [1.165, 1.54) is 0 Å². The number of benzene rings is 3. The number of halogens is 2. The highest BCUT2D eigenvalue weighted by Gasteiger charge is 2.09. The van der Waals surface area contributed by atoms with E-state index in [4.69, 9.17) is 10.00 Å². The summed E-state index contributed by atoms with van der Waals surface area (Å²) < 4.78 is 7.68. The summed E-state index contributed by atoms with van der Waals surface area (Å²) in [5, 5.41) is 13.0. The van der Waals surface area contributed by atoms with Gasteiger partial charge in [0.25, 0.3) is 5.91 Å². The number of nitriles is 1. The molecule has 0 unspecified atom stereocenters. The number of rotatable bonds is 6. The molecule has 0 fully saturated rings. The fraction of sp³-hybridized carbons (Fsp3) is 0.125. The second-order valence-electron chi connectivity index (χ2n) is 6.87. The number of hydrogen-bond donors (Lipinski definition) is 1. The molecule has 0 heterocycles. The molecule has 156 valence electrons. The van der Waals surface area contributed by atoms with Gasteiger partial charge in [0.05, 0.1) is 26.3 Å². The molecule has 0 saturated heterocycles. The lowest BCUT2D eigenvalue weighted by Crippen LogP contribution is -2.19. The van der Waals surface area contributed by atoms with Gasteiger partial charge in [-0.2, -0.15) is 10.4 Å². The van der Waals surface area contributed by atoms with Gasteiger partial charge in [0.15, 0.2) is 0 Å². The van der Waals surface area contributed by atoms with Crippen LogP contribution in [0.3, 0.4) is 0 Å². The van der Waals surface area contributed by atoms with E-state index in [1.807, 2.05) is 31.2 Å². The van der Waals surface area contributed by atoms with E-state index in [0.29, 0.717) is 23.4 Å². The van der Waals surface area contributed by atoms with E-state index in [2.05, 4.69) is 48.5 Å². The van der Waals surface area contributed by atoms with E-state index in [1.54, 1.807) is 43.3 Å². The Balaban J connectivity index is 1.60. The molecule has 1 N–H and O–H groups in total. The summed E-state index contributed by atoms with van der Waals surface area (Å²) in [4.78, 5) is 12.4. The highest BCUT2D eigenvalue weighted by Crippen LogP contribution is 2.35. The van der Waals surface area contributed by atoms with Crippen molar-refractivity contribution < 1.29 is 9.53 Å². The third-order valence-electron chi connectivity index (χ3n) is 4.50. The molecule has 3 rings (SSSR count). The van der Waals surface area contributed by atoms with Crippen LogP contribution >= 0.6 is 31.9 Å². The Labute approximate surface area is 198 Å². The number of ether oxygens (including phenoxy) is 1. The molecule has 0 radical (unpaired) electrons. The lowest BCUT2D eigenvalue weighted by atomic mass is 10.1. The minimum Gasteiger partial charge on any atom is -0.487 e. The van der Waals surface area contributed by atoms with Crippen LogP contribution in [0.25, 0.3) is 0 Å². The smallest absolute Gasteiger partial charge is 0.271 e. The summed E-state index contributed by atoms with van der Waals surface area (Å²) in [6.07, 6.45) is 0. The van der Waals surface area contributed by atoms with Crippen LogP contribution in [0.1, 0.15) is 39.5 Å². The van der Waals surface area contributed by atoms with E-state index < -0.39 is 0 Å². The van der Waals surface area contributed by atoms with Gasteiger partial charge in [-0.15, -0.1) is 0 Å². The van der Waals surface area contributed by atoms with Crippen LogP contribution in [0.15, 0.2) is 74.7 Å². The minimum absolute atomic E-state index is 0.301. The fourth-order valence-electron chi connectivity index (χ4n) is 2.78. The molecule has 0 aliphatic rings. The van der Waals surface area contributed by atoms with Crippen molar-refractivity contribution in [3.05, 3.63) is 97.4 Å². The van der Waals surface area contributed by atoms with Crippen LogP contribution in [0.5, 0.6) is 5.75 Å². The first-order valence-corrected chi connectivity index (χ1v) is 11.0. The van der Waals surface area contributed by atoms with E-state index in [-0.39, 0.29) is 5.91 Å². The van der Waals surface area contributed by atoms with Crippen LogP contribution in [0.2, 0.25) is 0 Å². The second-order valence-corrected chi connectivity index (χ2v) is 8.58. The van der Waals surface area contributed by atoms with Gasteiger partial charge in [0.2, 0.25) is 0 Å². The zero-order valence-corrected chi connectivity index (χ0v) is 20.1. The highest BCUT2D eigenvalue weighted by atomic mass is 79.9. The van der Waals surface area contributed by atoms with Gasteiger partial charge in [0, 0.05) is 5.56 Å². The Kier molecular flexibility index (Phi) is 7.61. The first-order valence-electron chi connectivity index (χ1n) is 9.40. The predicted molar refractivity (Wildman–Crippen MR) is 128 cm³/mol. The fourth-order valence-corrected chi connectivity index (χ4v) is 4.43. The lowest BCUT2D eigenvalue weighted by Gasteiger charge is -2.11. The first kappa shape index (κ1) is 22.7. The maximum absolute atomic E-state index is 12.4. The number of hydrogen-bond acceptors (Lipinski definition) is 4. The van der Waals surface area contributed by atoms with Gasteiger partial charge in [-0.25, -0.2) is 5.43 Å². The van der Waals surface area contributed by atoms with E-state index >= 15 is 0 Å². The highest BCUT2D eigenvalue weighted by molar-refractivity contribution is 9.11. The van der Waals surface area contributed by atoms with Crippen LogP contribution in [-0.4, -0.2) is 11.6 Å². The Morgan fingerprint density at radius 2 is 1.61 bits per heavy atom. The molecule has 7 heteroatoms. The van der Waals surface area contributed by atoms with Crippen molar-refractivity contribution in [2.45, 2.75) is 20.5 Å². The lowest BCUT2D eigenvalue weighted by molar-refractivity contribution is 0.0955. The summed E-state index contributed by atoms with van der Waals surface area (Å²) in [5.41, 5.74) is 7.18. The maximum atomic E-state index is 12.4. The summed E-state index contributed by atoms with van der Waals surface area (Å²) in [7, 11) is 0. The topological polar surface area (TPSA) is 74.5 Å². The standard InChI is InChI=1S/C24H19Br2N3O2/c1-15-11-21(25)23(22(26)12-15)31-14-18-5-9-20(10-6-18)24(30)29-28-16(2)19-7-3-17(13-27)4-8-19/h3-12H,14H2,1-2H3,(H,29,30). The molecule has 0 aromatic heterocycles. The van der Waals surface area contributed by atoms with Crippen LogP contribution < -0.4 is 10.2 Å². The second kappa shape index (κ2) is 10.4. The predicted octanol–water partition coefficient (Wildman–Crippen LogP) is 6.12. The van der Waals surface area contributed by atoms with Gasteiger partial charge < -0.3 is 4.74 Å². The Hall–Kier alpha value is -2.95. The SMILES string of the molecule is CC(=NNC(=O)c1ccc(COc2c(Br)cc(C)cc2Br)cc1)c1ccc(C#N)cc1. The summed E-state index contributed by atoms with van der Waals surface area (Å²) in [6.45, 7) is 4.18. The summed E-state index contributed by atoms with van der Waals surface area (Å²) >= 11 is 7.04. The normalized spacial score (nSPS) is 11.0. The van der Waals surface area contributed by atoms with Gasteiger partial charge in [-0.1, -0.05) is 24.3 Å².